The van der Waals surface area contributed by atoms with E-state index in [1.807, 2.05) is 25.1 Å². The van der Waals surface area contributed by atoms with Gasteiger partial charge in [0, 0.05) is 5.56 Å². The Hall–Kier alpha value is -3.48. The van der Waals surface area contributed by atoms with E-state index in [1.165, 1.54) is 12.4 Å². The van der Waals surface area contributed by atoms with Gasteiger partial charge in [-0.05, 0) is 49.2 Å². The Kier molecular flexibility index (Phi) is 3.99. The Morgan fingerprint density at radius 2 is 1.85 bits per heavy atom. The minimum Gasteiger partial charge on any atom is -0.496 e. The Bertz CT molecular complexity index is 1170. The van der Waals surface area contributed by atoms with Gasteiger partial charge >= 0.3 is 0 Å². The summed E-state index contributed by atoms with van der Waals surface area (Å²) < 4.78 is 20.8. The maximum absolute atomic E-state index is 13.7. The topological polar surface area (TPSA) is 78.8 Å². The first-order chi connectivity index (χ1) is 13.0. The van der Waals surface area contributed by atoms with Gasteiger partial charge in [0.15, 0.2) is 5.65 Å². The van der Waals surface area contributed by atoms with Crippen LogP contribution in [-0.4, -0.2) is 26.9 Å². The third-order valence-electron chi connectivity index (χ3n) is 4.56. The van der Waals surface area contributed by atoms with Crippen LogP contribution in [0.25, 0.3) is 28.0 Å². The monoisotopic (exact) mass is 363 g/mol. The second-order valence-corrected chi connectivity index (χ2v) is 6.34. The van der Waals surface area contributed by atoms with E-state index in [0.717, 1.165) is 16.9 Å². The first-order valence-electron chi connectivity index (χ1n) is 8.40. The molecule has 136 valence electrons. The molecule has 2 heterocycles. The number of nitrogens with two attached hydrogens (primary N) is 1. The Morgan fingerprint density at radius 1 is 1.04 bits per heavy atom. The average molecular weight is 363 g/mol. The summed E-state index contributed by atoms with van der Waals surface area (Å²) in [4.78, 5) is 8.48. The highest BCUT2D eigenvalue weighted by molar-refractivity contribution is 5.99. The molecule has 2 N–H and O–H groups in total. The van der Waals surface area contributed by atoms with Crippen molar-refractivity contribution in [3.8, 4) is 22.7 Å². The number of fused-ring (bicyclic) bond motifs is 1. The van der Waals surface area contributed by atoms with E-state index in [9.17, 15) is 4.39 Å². The van der Waals surface area contributed by atoms with Crippen LogP contribution < -0.4 is 10.5 Å². The van der Waals surface area contributed by atoms with Crippen LogP contribution in [0.1, 0.15) is 11.1 Å². The van der Waals surface area contributed by atoms with Crippen LogP contribution in [0.15, 0.2) is 42.7 Å². The lowest BCUT2D eigenvalue weighted by molar-refractivity contribution is 0.412. The Labute approximate surface area is 155 Å². The van der Waals surface area contributed by atoms with Crippen molar-refractivity contribution in [3.05, 3.63) is 59.7 Å². The molecule has 0 amide bonds. The van der Waals surface area contributed by atoms with Crippen molar-refractivity contribution in [2.45, 2.75) is 13.8 Å². The normalized spacial score (nSPS) is 11.1. The Morgan fingerprint density at radius 3 is 2.59 bits per heavy atom. The molecule has 0 aliphatic heterocycles. The van der Waals surface area contributed by atoms with E-state index in [1.54, 1.807) is 30.8 Å². The van der Waals surface area contributed by atoms with Crippen molar-refractivity contribution in [1.29, 1.82) is 0 Å². The summed E-state index contributed by atoms with van der Waals surface area (Å²) >= 11 is 0. The number of halogens is 1. The van der Waals surface area contributed by atoms with E-state index in [-0.39, 0.29) is 5.82 Å². The molecule has 0 spiro atoms. The minimum absolute atomic E-state index is 0.271. The molecule has 0 radical (unpaired) electrons. The highest BCUT2D eigenvalue weighted by Gasteiger charge is 2.19. The van der Waals surface area contributed by atoms with Gasteiger partial charge in [-0.15, -0.1) is 0 Å². The molecule has 0 atom stereocenters. The number of nitrogens with zero attached hydrogens (tertiary/aromatic N) is 4. The van der Waals surface area contributed by atoms with Crippen molar-refractivity contribution in [2.75, 3.05) is 12.8 Å². The van der Waals surface area contributed by atoms with Crippen LogP contribution in [0.4, 0.5) is 10.2 Å². The van der Waals surface area contributed by atoms with Crippen molar-refractivity contribution in [2.24, 2.45) is 0 Å². The predicted molar refractivity (Wildman–Crippen MR) is 102 cm³/mol. The van der Waals surface area contributed by atoms with Gasteiger partial charge in [0.2, 0.25) is 0 Å². The molecule has 0 saturated heterocycles. The SMILES string of the molecule is COc1cc(-c2nn(-c3ccc(F)c(C)c3)c3ncnc(N)c23)ccc1C. The second-order valence-electron chi connectivity index (χ2n) is 6.34. The predicted octanol–water partition coefficient (Wildman–Crippen LogP) is 3.83. The summed E-state index contributed by atoms with van der Waals surface area (Å²) in [7, 11) is 1.63. The molecule has 6 nitrogen and oxygen atoms in total. The number of aryl methyl sites for hydroxylation is 2. The average Bonchev–Trinajstić information content (AvgIpc) is 3.05. The van der Waals surface area contributed by atoms with Crippen molar-refractivity contribution < 1.29 is 9.13 Å². The molecule has 0 aliphatic carbocycles. The lowest BCUT2D eigenvalue weighted by atomic mass is 10.1. The number of hydrogen-bond acceptors (Lipinski definition) is 5. The number of methoxy groups -OCH3 is 1. The number of anilines is 1. The van der Waals surface area contributed by atoms with Crippen LogP contribution in [0.3, 0.4) is 0 Å². The number of benzene rings is 2. The van der Waals surface area contributed by atoms with Gasteiger partial charge in [-0.3, -0.25) is 0 Å². The molecule has 27 heavy (non-hydrogen) atoms. The number of nitrogen functional groups attached to an aromatic ring is 1. The third-order valence-corrected chi connectivity index (χ3v) is 4.56. The van der Waals surface area contributed by atoms with Crippen LogP contribution in [0.5, 0.6) is 5.75 Å². The van der Waals surface area contributed by atoms with E-state index in [4.69, 9.17) is 15.6 Å². The highest BCUT2D eigenvalue weighted by atomic mass is 19.1. The van der Waals surface area contributed by atoms with E-state index >= 15 is 0 Å². The number of aromatic nitrogens is 4. The van der Waals surface area contributed by atoms with E-state index in [0.29, 0.717) is 33.8 Å². The van der Waals surface area contributed by atoms with Gasteiger partial charge in [0.05, 0.1) is 18.2 Å². The summed E-state index contributed by atoms with van der Waals surface area (Å²) in [6.45, 7) is 3.68. The van der Waals surface area contributed by atoms with Crippen LogP contribution in [0.2, 0.25) is 0 Å². The summed E-state index contributed by atoms with van der Waals surface area (Å²) in [5.74, 6) is 0.815. The summed E-state index contributed by atoms with van der Waals surface area (Å²) in [6, 6.07) is 10.6. The van der Waals surface area contributed by atoms with Crippen molar-refractivity contribution >= 4 is 16.9 Å². The molecular formula is C20H18FN5O. The Balaban J connectivity index is 2.01. The zero-order valence-electron chi connectivity index (χ0n) is 15.2. The van der Waals surface area contributed by atoms with Gasteiger partial charge < -0.3 is 10.5 Å². The fourth-order valence-electron chi connectivity index (χ4n) is 3.08. The maximum atomic E-state index is 13.7. The smallest absolute Gasteiger partial charge is 0.169 e. The van der Waals surface area contributed by atoms with Crippen molar-refractivity contribution in [3.63, 3.8) is 0 Å². The first-order valence-corrected chi connectivity index (χ1v) is 8.40. The number of ether oxygens (including phenoxy) is 1. The van der Waals surface area contributed by atoms with Gasteiger partial charge in [-0.1, -0.05) is 12.1 Å². The quantitative estimate of drug-likeness (QED) is 0.598. The van der Waals surface area contributed by atoms with Gasteiger partial charge in [0.1, 0.15) is 29.4 Å². The van der Waals surface area contributed by atoms with Gasteiger partial charge in [-0.25, -0.2) is 19.0 Å². The van der Waals surface area contributed by atoms with Crippen LogP contribution in [-0.2, 0) is 0 Å². The maximum Gasteiger partial charge on any atom is 0.169 e. The lowest BCUT2D eigenvalue weighted by Gasteiger charge is -2.06. The first kappa shape index (κ1) is 17.0. The molecule has 4 rings (SSSR count). The fraction of sp³-hybridized carbons (Fsp3) is 0.150. The molecule has 0 aliphatic rings. The largest absolute Gasteiger partial charge is 0.496 e. The summed E-state index contributed by atoms with van der Waals surface area (Å²) in [5.41, 5.74) is 10.4. The molecule has 0 saturated carbocycles. The molecule has 0 unspecified atom stereocenters. The van der Waals surface area contributed by atoms with Crippen LogP contribution in [0, 0.1) is 19.7 Å². The highest BCUT2D eigenvalue weighted by Crippen LogP contribution is 2.34. The standard InChI is InChI=1S/C20H18FN5O/c1-11-4-5-13(9-16(11)27-3)18-17-19(22)23-10-24-20(17)26(25-18)14-6-7-15(21)12(2)8-14/h4-10H,1-3H3,(H2,22,23,24). The summed E-state index contributed by atoms with van der Waals surface area (Å²) in [6.07, 6.45) is 1.39. The number of rotatable bonds is 3. The molecule has 0 fully saturated rings. The van der Waals surface area contributed by atoms with E-state index < -0.39 is 0 Å². The number of hydrogen-bond donors (Lipinski definition) is 1. The molecule has 7 heteroatoms. The summed E-state index contributed by atoms with van der Waals surface area (Å²) in [5, 5.41) is 5.37. The molecule has 4 aromatic rings. The molecule has 0 bridgehead atoms. The zero-order chi connectivity index (χ0) is 19.1. The minimum atomic E-state index is -0.271. The van der Waals surface area contributed by atoms with Crippen molar-refractivity contribution in [1.82, 2.24) is 19.7 Å². The van der Waals surface area contributed by atoms with Gasteiger partial charge in [0.25, 0.3) is 0 Å². The molecule has 2 aromatic heterocycles. The van der Waals surface area contributed by atoms with Gasteiger partial charge in [-0.2, -0.15) is 5.10 Å². The molecule has 2 aromatic carbocycles. The third kappa shape index (κ3) is 2.77. The fourth-order valence-corrected chi connectivity index (χ4v) is 3.08. The second kappa shape index (κ2) is 6.35. The zero-order valence-corrected chi connectivity index (χ0v) is 15.2. The molecular weight excluding hydrogens is 345 g/mol. The lowest BCUT2D eigenvalue weighted by Crippen LogP contribution is -2.00. The van der Waals surface area contributed by atoms with E-state index in [2.05, 4.69) is 9.97 Å². The van der Waals surface area contributed by atoms with Crippen LogP contribution >= 0.6 is 0 Å².